The topological polar surface area (TPSA) is 69.6 Å². The lowest BCUT2D eigenvalue weighted by Gasteiger charge is -2.25. The lowest BCUT2D eigenvalue weighted by atomic mass is 10.3. The van der Waals surface area contributed by atoms with Crippen molar-refractivity contribution in [3.63, 3.8) is 0 Å². The van der Waals surface area contributed by atoms with Crippen LogP contribution >= 0.6 is 11.6 Å². The summed E-state index contributed by atoms with van der Waals surface area (Å²) < 4.78 is 13.4. The molecule has 0 spiro atoms. The average molecular weight is 289 g/mol. The maximum absolute atomic E-state index is 13.4. The lowest BCUT2D eigenvalue weighted by Crippen LogP contribution is -2.43. The first-order valence-electron chi connectivity index (χ1n) is 5.55. The Balaban J connectivity index is 2.87. The predicted octanol–water partition coefficient (Wildman–Crippen LogP) is 2.81. The molecular formula is C12H14ClFN2O3. The van der Waals surface area contributed by atoms with Crippen molar-refractivity contribution in [1.29, 1.82) is 0 Å². The molecule has 0 aliphatic rings. The van der Waals surface area contributed by atoms with Crippen LogP contribution in [0.1, 0.15) is 13.8 Å². The predicted molar refractivity (Wildman–Crippen MR) is 69.9 cm³/mol. The number of benzene rings is 1. The van der Waals surface area contributed by atoms with Crippen LogP contribution in [0.5, 0.6) is 0 Å². The second-order valence-electron chi connectivity index (χ2n) is 4.17. The summed E-state index contributed by atoms with van der Waals surface area (Å²) >= 11 is 5.70. The Bertz CT molecular complexity index is 494. The summed E-state index contributed by atoms with van der Waals surface area (Å²) in [6.07, 6.45) is 0. The fraction of sp³-hybridized carbons (Fsp3) is 0.333. The number of halogens is 2. The summed E-state index contributed by atoms with van der Waals surface area (Å²) in [4.78, 5) is 23.6. The van der Waals surface area contributed by atoms with Crippen LogP contribution in [0.25, 0.3) is 0 Å². The van der Waals surface area contributed by atoms with Gasteiger partial charge in [-0.2, -0.15) is 0 Å². The van der Waals surface area contributed by atoms with Crippen molar-refractivity contribution >= 4 is 29.3 Å². The highest BCUT2D eigenvalue weighted by Crippen LogP contribution is 2.20. The second kappa shape index (κ2) is 6.38. The third-order valence-electron chi connectivity index (χ3n) is 2.36. The average Bonchev–Trinajstić information content (AvgIpc) is 2.30. The maximum Gasteiger partial charge on any atom is 0.323 e. The number of aliphatic carboxylic acids is 1. The van der Waals surface area contributed by atoms with Gasteiger partial charge in [-0.3, -0.25) is 4.79 Å². The number of amides is 2. The number of carbonyl (C=O) groups excluding carboxylic acids is 1. The molecule has 0 unspecified atom stereocenters. The molecule has 1 aromatic carbocycles. The van der Waals surface area contributed by atoms with E-state index in [4.69, 9.17) is 16.7 Å². The molecule has 0 aliphatic carbocycles. The van der Waals surface area contributed by atoms with Crippen LogP contribution < -0.4 is 5.32 Å². The van der Waals surface area contributed by atoms with Crippen LogP contribution in [0.4, 0.5) is 14.9 Å². The van der Waals surface area contributed by atoms with Crippen LogP contribution in [0.2, 0.25) is 5.02 Å². The number of carbonyl (C=O) groups is 2. The summed E-state index contributed by atoms with van der Waals surface area (Å²) in [6, 6.07) is 2.70. The van der Waals surface area contributed by atoms with E-state index in [0.29, 0.717) is 0 Å². The number of carboxylic acids is 1. The monoisotopic (exact) mass is 288 g/mol. The normalized spacial score (nSPS) is 10.4. The van der Waals surface area contributed by atoms with Gasteiger partial charge in [-0.25, -0.2) is 9.18 Å². The summed E-state index contributed by atoms with van der Waals surface area (Å²) in [6.45, 7) is 2.86. The molecule has 7 heteroatoms. The summed E-state index contributed by atoms with van der Waals surface area (Å²) in [5.41, 5.74) is -0.0893. The van der Waals surface area contributed by atoms with E-state index in [1.807, 2.05) is 0 Å². The molecule has 0 heterocycles. The fourth-order valence-electron chi connectivity index (χ4n) is 1.41. The molecule has 0 bridgehead atoms. The van der Waals surface area contributed by atoms with E-state index < -0.39 is 24.4 Å². The Morgan fingerprint density at radius 3 is 2.63 bits per heavy atom. The van der Waals surface area contributed by atoms with Crippen molar-refractivity contribution in [2.75, 3.05) is 11.9 Å². The summed E-state index contributed by atoms with van der Waals surface area (Å²) in [5, 5.41) is 11.3. The van der Waals surface area contributed by atoms with Gasteiger partial charge >= 0.3 is 12.0 Å². The minimum absolute atomic E-state index is 0.0893. The highest BCUT2D eigenvalue weighted by atomic mass is 35.5. The van der Waals surface area contributed by atoms with Crippen LogP contribution in [0.3, 0.4) is 0 Å². The number of urea groups is 1. The Kier molecular flexibility index (Phi) is 5.11. The van der Waals surface area contributed by atoms with Gasteiger partial charge in [0.2, 0.25) is 0 Å². The number of hydrogen-bond donors (Lipinski definition) is 2. The Hall–Kier alpha value is -1.82. The molecule has 0 radical (unpaired) electrons. The third-order valence-corrected chi connectivity index (χ3v) is 2.59. The highest BCUT2D eigenvalue weighted by Gasteiger charge is 2.20. The molecule has 1 aromatic rings. The van der Waals surface area contributed by atoms with Gasteiger partial charge in [0.15, 0.2) is 0 Å². The zero-order valence-corrected chi connectivity index (χ0v) is 11.2. The molecular weight excluding hydrogens is 275 g/mol. The molecule has 0 aliphatic heterocycles. The Labute approximate surface area is 115 Å². The maximum atomic E-state index is 13.4. The van der Waals surface area contributed by atoms with Crippen molar-refractivity contribution in [3.05, 3.63) is 29.0 Å². The molecule has 104 valence electrons. The van der Waals surface area contributed by atoms with Crippen LogP contribution in [0, 0.1) is 5.82 Å². The zero-order valence-electron chi connectivity index (χ0n) is 10.5. The highest BCUT2D eigenvalue weighted by molar-refractivity contribution is 6.30. The molecule has 0 saturated heterocycles. The molecule has 0 aromatic heterocycles. The second-order valence-corrected chi connectivity index (χ2v) is 4.61. The first-order valence-corrected chi connectivity index (χ1v) is 5.93. The van der Waals surface area contributed by atoms with E-state index in [9.17, 15) is 14.0 Å². The molecule has 0 atom stereocenters. The van der Waals surface area contributed by atoms with Gasteiger partial charge in [-0.1, -0.05) is 11.6 Å². The van der Waals surface area contributed by atoms with Crippen molar-refractivity contribution in [1.82, 2.24) is 4.90 Å². The summed E-state index contributed by atoms with van der Waals surface area (Å²) in [7, 11) is 0. The van der Waals surface area contributed by atoms with E-state index >= 15 is 0 Å². The quantitative estimate of drug-likeness (QED) is 0.895. The van der Waals surface area contributed by atoms with Gasteiger partial charge < -0.3 is 15.3 Å². The standard InChI is InChI=1S/C12H14ClFN2O3/c1-7(2)16(6-11(17)18)12(19)15-10-5-8(13)3-4-9(10)14/h3-5,7H,6H2,1-2H3,(H,15,19)(H,17,18). The third kappa shape index (κ3) is 4.40. The minimum Gasteiger partial charge on any atom is -0.480 e. The van der Waals surface area contributed by atoms with E-state index in [1.165, 1.54) is 12.1 Å². The first kappa shape index (κ1) is 15.2. The fourth-order valence-corrected chi connectivity index (χ4v) is 1.59. The van der Waals surface area contributed by atoms with Crippen LogP contribution in [-0.2, 0) is 4.79 Å². The van der Waals surface area contributed by atoms with E-state index in [-0.39, 0.29) is 16.8 Å². The number of hydrogen-bond acceptors (Lipinski definition) is 2. The SMILES string of the molecule is CC(C)N(CC(=O)O)C(=O)Nc1cc(Cl)ccc1F. The van der Waals surface area contributed by atoms with E-state index in [2.05, 4.69) is 5.32 Å². The van der Waals surface area contributed by atoms with E-state index in [1.54, 1.807) is 13.8 Å². The van der Waals surface area contributed by atoms with Gasteiger partial charge in [0, 0.05) is 11.1 Å². The summed E-state index contributed by atoms with van der Waals surface area (Å²) in [5.74, 6) is -1.79. The minimum atomic E-state index is -1.14. The van der Waals surface area contributed by atoms with E-state index in [0.717, 1.165) is 11.0 Å². The smallest absolute Gasteiger partial charge is 0.323 e. The van der Waals surface area contributed by atoms with Crippen molar-refractivity contribution in [2.24, 2.45) is 0 Å². The largest absolute Gasteiger partial charge is 0.480 e. The molecule has 2 N–H and O–H groups in total. The van der Waals surface area contributed by atoms with Crippen LogP contribution in [-0.4, -0.2) is 34.6 Å². The van der Waals surface area contributed by atoms with Crippen molar-refractivity contribution < 1.29 is 19.1 Å². The number of nitrogens with one attached hydrogen (secondary N) is 1. The van der Waals surface area contributed by atoms with Crippen molar-refractivity contribution in [3.8, 4) is 0 Å². The van der Waals surface area contributed by atoms with Crippen LogP contribution in [0.15, 0.2) is 18.2 Å². The number of carboxylic acid groups (broad SMARTS) is 1. The molecule has 2 amide bonds. The molecule has 19 heavy (non-hydrogen) atoms. The molecule has 1 rings (SSSR count). The zero-order chi connectivity index (χ0) is 14.6. The lowest BCUT2D eigenvalue weighted by molar-refractivity contribution is -0.137. The number of nitrogens with zero attached hydrogens (tertiary/aromatic N) is 1. The van der Waals surface area contributed by atoms with Crippen molar-refractivity contribution in [2.45, 2.75) is 19.9 Å². The molecule has 0 fully saturated rings. The molecule has 0 saturated carbocycles. The van der Waals surface area contributed by atoms with Gasteiger partial charge in [0.1, 0.15) is 12.4 Å². The number of anilines is 1. The number of rotatable bonds is 4. The van der Waals surface area contributed by atoms with Gasteiger partial charge in [-0.15, -0.1) is 0 Å². The van der Waals surface area contributed by atoms with Gasteiger partial charge in [-0.05, 0) is 32.0 Å². The first-order chi connectivity index (χ1) is 8.81. The van der Waals surface area contributed by atoms with Gasteiger partial charge in [0.05, 0.1) is 5.69 Å². The Morgan fingerprint density at radius 1 is 1.47 bits per heavy atom. The molecule has 5 nitrogen and oxygen atoms in total. The van der Waals surface area contributed by atoms with Gasteiger partial charge in [0.25, 0.3) is 0 Å². The Morgan fingerprint density at radius 2 is 2.11 bits per heavy atom.